The number of carbonyl (C=O) groups is 2. The molecule has 0 radical (unpaired) electrons. The number of aromatic amines is 1. The fourth-order valence-electron chi connectivity index (χ4n) is 4.18. The molecule has 0 aliphatic carbocycles. The van der Waals surface area contributed by atoms with Crippen molar-refractivity contribution in [3.05, 3.63) is 60.2 Å². The lowest BCUT2D eigenvalue weighted by molar-refractivity contribution is -0.137. The van der Waals surface area contributed by atoms with Crippen molar-refractivity contribution in [2.75, 3.05) is 42.7 Å². The Morgan fingerprint density at radius 2 is 1.82 bits per heavy atom. The van der Waals surface area contributed by atoms with E-state index in [1.54, 1.807) is 12.1 Å². The fraction of sp³-hybridized carbons (Fsp3) is 0.259. The molecule has 2 aromatic heterocycles. The highest BCUT2D eigenvalue weighted by Gasteiger charge is 2.36. The van der Waals surface area contributed by atoms with Crippen LogP contribution in [0, 0.1) is 5.82 Å². The molecule has 9 nitrogen and oxygen atoms in total. The second-order valence-electron chi connectivity index (χ2n) is 9.33. The molecule has 2 heterocycles. The highest BCUT2D eigenvalue weighted by molar-refractivity contribution is 6.00. The zero-order valence-corrected chi connectivity index (χ0v) is 22.2. The number of hydrogen-bond donors (Lipinski definition) is 3. The number of nitrogens with zero attached hydrogens (tertiary/aromatic N) is 4. The topological polar surface area (TPSA) is 106 Å². The molecule has 0 bridgehead atoms. The minimum atomic E-state index is -4.77. The minimum absolute atomic E-state index is 0.0542. The molecular weight excluding hydrogens is 530 g/mol. The number of likely N-dealkylation sites (N-methyl/N-ethyl adjacent to an activating group) is 1. The molecule has 40 heavy (non-hydrogen) atoms. The maximum Gasteiger partial charge on any atom is 0.419 e. The predicted molar refractivity (Wildman–Crippen MR) is 145 cm³/mol. The minimum Gasteiger partial charge on any atom is -0.358 e. The van der Waals surface area contributed by atoms with Crippen molar-refractivity contribution in [3.63, 3.8) is 0 Å². The number of halogens is 4. The summed E-state index contributed by atoms with van der Waals surface area (Å²) in [6, 6.07) is 8.83. The summed E-state index contributed by atoms with van der Waals surface area (Å²) >= 11 is 0. The van der Waals surface area contributed by atoms with E-state index < -0.39 is 23.3 Å². The van der Waals surface area contributed by atoms with Crippen LogP contribution in [0.25, 0.3) is 22.2 Å². The fourth-order valence-corrected chi connectivity index (χ4v) is 4.18. The number of hydrogen-bond acceptors (Lipinski definition) is 6. The monoisotopic (exact) mass is 557 g/mol. The van der Waals surface area contributed by atoms with Crippen LogP contribution >= 0.6 is 0 Å². The SMILES string of the molecule is CC(=O)Nc1cc(Nc2ncc(C(F)(F)F)c(-c3c[nH]c4c(F)cccc34)n2)ccc1N(CCN(C)C)C(C)=O. The number of anilines is 4. The molecule has 0 atom stereocenters. The molecule has 2 amide bonds. The molecule has 0 spiro atoms. The number of amides is 2. The molecule has 4 aromatic rings. The van der Waals surface area contributed by atoms with Gasteiger partial charge in [-0.15, -0.1) is 0 Å². The summed E-state index contributed by atoms with van der Waals surface area (Å²) in [5.41, 5.74) is -0.310. The van der Waals surface area contributed by atoms with E-state index in [-0.39, 0.29) is 34.2 Å². The van der Waals surface area contributed by atoms with Crippen LogP contribution in [-0.2, 0) is 15.8 Å². The third-order valence-corrected chi connectivity index (χ3v) is 6.02. The summed E-state index contributed by atoms with van der Waals surface area (Å²) in [4.78, 5) is 38.4. The predicted octanol–water partition coefficient (Wildman–Crippen LogP) is 5.40. The Labute approximate surface area is 227 Å². The molecule has 0 aliphatic heterocycles. The third kappa shape index (κ3) is 6.20. The van der Waals surface area contributed by atoms with Crippen molar-refractivity contribution in [1.82, 2.24) is 19.9 Å². The number of fused-ring (bicyclic) bond motifs is 1. The van der Waals surface area contributed by atoms with E-state index in [9.17, 15) is 27.2 Å². The van der Waals surface area contributed by atoms with Crippen molar-refractivity contribution in [3.8, 4) is 11.3 Å². The molecule has 0 aliphatic rings. The van der Waals surface area contributed by atoms with E-state index >= 15 is 0 Å². The molecule has 0 unspecified atom stereocenters. The smallest absolute Gasteiger partial charge is 0.358 e. The zero-order chi connectivity index (χ0) is 29.2. The van der Waals surface area contributed by atoms with Crippen LogP contribution in [0.4, 0.5) is 40.6 Å². The molecule has 13 heteroatoms. The number of rotatable bonds is 8. The van der Waals surface area contributed by atoms with Gasteiger partial charge in [0.05, 0.1) is 22.6 Å². The number of carbonyl (C=O) groups excluding carboxylic acids is 2. The van der Waals surface area contributed by atoms with Crippen LogP contribution in [0.3, 0.4) is 0 Å². The largest absolute Gasteiger partial charge is 0.419 e. The van der Waals surface area contributed by atoms with Crippen LogP contribution in [-0.4, -0.2) is 58.9 Å². The van der Waals surface area contributed by atoms with Gasteiger partial charge in [0.25, 0.3) is 0 Å². The van der Waals surface area contributed by atoms with Gasteiger partial charge in [0.2, 0.25) is 17.8 Å². The summed E-state index contributed by atoms with van der Waals surface area (Å²) in [7, 11) is 3.73. The second-order valence-corrected chi connectivity index (χ2v) is 9.33. The number of nitrogens with one attached hydrogen (secondary N) is 3. The van der Waals surface area contributed by atoms with Crippen molar-refractivity contribution in [2.24, 2.45) is 0 Å². The Hall–Kier alpha value is -4.52. The van der Waals surface area contributed by atoms with Gasteiger partial charge in [-0.2, -0.15) is 13.2 Å². The summed E-state index contributed by atoms with van der Waals surface area (Å²) in [6.07, 6.45) is -2.85. The van der Waals surface area contributed by atoms with E-state index in [0.29, 0.717) is 36.3 Å². The Balaban J connectivity index is 1.75. The lowest BCUT2D eigenvalue weighted by Crippen LogP contribution is -2.35. The summed E-state index contributed by atoms with van der Waals surface area (Å²) in [5, 5.41) is 5.79. The van der Waals surface area contributed by atoms with Gasteiger partial charge < -0.3 is 25.4 Å². The number of para-hydroxylation sites is 1. The first-order valence-electron chi connectivity index (χ1n) is 12.2. The standard InChI is InChI=1S/C27H27F4N7O2/c1-15(39)34-22-12-17(8-9-23(22)38(16(2)40)11-10-37(3)4)35-26-33-14-20(27(29,30)31)24(36-26)19-13-32-25-18(19)6-5-7-21(25)28/h5-9,12-14,32H,10-11H2,1-4H3,(H,34,39)(H,33,35,36). The van der Waals surface area contributed by atoms with Crippen molar-refractivity contribution in [1.29, 1.82) is 0 Å². The molecule has 0 saturated heterocycles. The van der Waals surface area contributed by atoms with Gasteiger partial charge in [0, 0.05) is 56.0 Å². The number of benzene rings is 2. The van der Waals surface area contributed by atoms with Crippen LogP contribution in [0.2, 0.25) is 0 Å². The highest BCUT2D eigenvalue weighted by atomic mass is 19.4. The van der Waals surface area contributed by atoms with E-state index in [1.165, 1.54) is 49.2 Å². The zero-order valence-electron chi connectivity index (χ0n) is 22.2. The number of alkyl halides is 3. The van der Waals surface area contributed by atoms with E-state index in [1.807, 2.05) is 19.0 Å². The first-order chi connectivity index (χ1) is 18.8. The Morgan fingerprint density at radius 1 is 1.07 bits per heavy atom. The summed E-state index contributed by atoms with van der Waals surface area (Å²) < 4.78 is 55.9. The number of aromatic nitrogens is 3. The maximum absolute atomic E-state index is 14.2. The normalized spacial score (nSPS) is 11.6. The maximum atomic E-state index is 14.2. The van der Waals surface area contributed by atoms with Crippen LogP contribution in [0.1, 0.15) is 19.4 Å². The summed E-state index contributed by atoms with van der Waals surface area (Å²) in [5.74, 6) is -1.39. The molecule has 2 aromatic carbocycles. The van der Waals surface area contributed by atoms with Crippen LogP contribution in [0.5, 0.6) is 0 Å². The van der Waals surface area contributed by atoms with E-state index in [4.69, 9.17) is 0 Å². The second kappa shape index (κ2) is 11.3. The highest BCUT2D eigenvalue weighted by Crippen LogP contribution is 2.39. The average Bonchev–Trinajstić information content (AvgIpc) is 3.29. The summed E-state index contributed by atoms with van der Waals surface area (Å²) in [6.45, 7) is 3.65. The first-order valence-corrected chi connectivity index (χ1v) is 12.2. The average molecular weight is 558 g/mol. The van der Waals surface area contributed by atoms with Crippen LogP contribution in [0.15, 0.2) is 48.8 Å². The van der Waals surface area contributed by atoms with Gasteiger partial charge in [0.1, 0.15) is 11.4 Å². The quantitative estimate of drug-likeness (QED) is 0.251. The van der Waals surface area contributed by atoms with Crippen LogP contribution < -0.4 is 15.5 Å². The molecule has 0 fully saturated rings. The Kier molecular flexibility index (Phi) is 8.05. The van der Waals surface area contributed by atoms with Gasteiger partial charge in [-0.3, -0.25) is 9.59 Å². The van der Waals surface area contributed by atoms with Gasteiger partial charge in [-0.1, -0.05) is 12.1 Å². The first kappa shape index (κ1) is 28.5. The van der Waals surface area contributed by atoms with Crippen molar-refractivity contribution < 1.29 is 27.2 Å². The van der Waals surface area contributed by atoms with Crippen molar-refractivity contribution in [2.45, 2.75) is 20.0 Å². The molecule has 4 rings (SSSR count). The molecule has 0 saturated carbocycles. The van der Waals surface area contributed by atoms with Gasteiger partial charge >= 0.3 is 6.18 Å². The Bertz CT molecular complexity index is 1570. The number of H-pyrrole nitrogens is 1. The lowest BCUT2D eigenvalue weighted by Gasteiger charge is -2.26. The van der Waals surface area contributed by atoms with Crippen molar-refractivity contribution >= 4 is 45.7 Å². The Morgan fingerprint density at radius 3 is 2.48 bits per heavy atom. The van der Waals surface area contributed by atoms with E-state index in [0.717, 1.165) is 0 Å². The molecule has 210 valence electrons. The molecule has 3 N–H and O–H groups in total. The van der Waals surface area contributed by atoms with Gasteiger partial charge in [-0.05, 0) is 38.4 Å². The molecular formula is C27H27F4N7O2. The van der Waals surface area contributed by atoms with E-state index in [2.05, 4.69) is 25.6 Å². The van der Waals surface area contributed by atoms with Gasteiger partial charge in [-0.25, -0.2) is 14.4 Å². The third-order valence-electron chi connectivity index (χ3n) is 6.02. The van der Waals surface area contributed by atoms with Gasteiger partial charge in [0.15, 0.2) is 0 Å². The lowest BCUT2D eigenvalue weighted by atomic mass is 10.1.